The summed E-state index contributed by atoms with van der Waals surface area (Å²) in [6.07, 6.45) is 1.58. The van der Waals surface area contributed by atoms with Crippen LogP contribution in [-0.2, 0) is 5.88 Å². The van der Waals surface area contributed by atoms with Crippen LogP contribution in [0.4, 0.5) is 0 Å². The molecule has 1 N–H and O–H groups in total. The summed E-state index contributed by atoms with van der Waals surface area (Å²) in [6, 6.07) is 3.45. The molecule has 1 heterocycles. The van der Waals surface area contributed by atoms with Crippen LogP contribution in [0, 0.1) is 0 Å². The summed E-state index contributed by atoms with van der Waals surface area (Å²) in [6.45, 7) is 0. The van der Waals surface area contributed by atoms with Crippen LogP contribution in [0.15, 0.2) is 23.1 Å². The summed E-state index contributed by atoms with van der Waals surface area (Å²) in [5.74, 6) is 0.274. The van der Waals surface area contributed by atoms with E-state index in [1.165, 1.54) is 0 Å². The summed E-state index contributed by atoms with van der Waals surface area (Å²) in [5.41, 5.74) is 0.506. The van der Waals surface area contributed by atoms with Gasteiger partial charge in [0.25, 0.3) is 5.56 Å². The zero-order valence-corrected chi connectivity index (χ0v) is 5.48. The fraction of sp³-hybridized carbons (Fsp3) is 0.167. The number of hydrogen-bond acceptors (Lipinski definition) is 1. The summed E-state index contributed by atoms with van der Waals surface area (Å²) < 4.78 is 0. The number of aromatic nitrogens is 1. The van der Waals surface area contributed by atoms with E-state index >= 15 is 0 Å². The Bertz CT molecular complexity index is 243. The van der Waals surface area contributed by atoms with E-state index in [9.17, 15) is 4.79 Å². The highest BCUT2D eigenvalue weighted by Gasteiger charge is 1.91. The molecule has 0 saturated carbocycles. The molecule has 0 atom stereocenters. The van der Waals surface area contributed by atoms with Crippen molar-refractivity contribution in [2.45, 2.75) is 5.88 Å². The van der Waals surface area contributed by atoms with Crippen molar-refractivity contribution in [1.29, 1.82) is 0 Å². The van der Waals surface area contributed by atoms with E-state index < -0.39 is 0 Å². The highest BCUT2D eigenvalue weighted by Crippen LogP contribution is 1.92. The average Bonchev–Trinajstić information content (AvgIpc) is 1.89. The molecule has 0 aliphatic rings. The first kappa shape index (κ1) is 6.36. The fourth-order valence-electron chi connectivity index (χ4n) is 0.562. The van der Waals surface area contributed by atoms with Crippen molar-refractivity contribution >= 4 is 11.6 Å². The lowest BCUT2D eigenvalue weighted by Gasteiger charge is -1.88. The zero-order chi connectivity index (χ0) is 6.69. The molecule has 0 radical (unpaired) electrons. The normalized spacial score (nSPS) is 9.44. The standard InChI is InChI=1S/C6H6ClNO/c7-4-5-2-1-3-8-6(5)9/h1-3H,4H2,(H,8,9). The van der Waals surface area contributed by atoms with Crippen LogP contribution < -0.4 is 5.56 Å². The minimum absolute atomic E-state index is 0.104. The largest absolute Gasteiger partial charge is 0.329 e. The molecule has 0 aromatic carbocycles. The molecular formula is C6H6ClNO. The summed E-state index contributed by atoms with van der Waals surface area (Å²) in [4.78, 5) is 13.2. The number of alkyl halides is 1. The zero-order valence-electron chi connectivity index (χ0n) is 4.73. The van der Waals surface area contributed by atoms with E-state index in [0.717, 1.165) is 0 Å². The quantitative estimate of drug-likeness (QED) is 0.587. The summed E-state index contributed by atoms with van der Waals surface area (Å²) >= 11 is 5.41. The first-order valence-electron chi connectivity index (χ1n) is 2.57. The van der Waals surface area contributed by atoms with Crippen LogP contribution in [0.2, 0.25) is 0 Å². The van der Waals surface area contributed by atoms with Crippen molar-refractivity contribution in [3.63, 3.8) is 0 Å². The van der Waals surface area contributed by atoms with Crippen LogP contribution in [0.25, 0.3) is 0 Å². The van der Waals surface area contributed by atoms with Crippen molar-refractivity contribution in [3.8, 4) is 0 Å². The number of aromatic amines is 1. The van der Waals surface area contributed by atoms with Gasteiger partial charge in [-0.2, -0.15) is 0 Å². The van der Waals surface area contributed by atoms with Crippen molar-refractivity contribution < 1.29 is 0 Å². The number of pyridine rings is 1. The van der Waals surface area contributed by atoms with Gasteiger partial charge in [-0.15, -0.1) is 11.6 Å². The lowest BCUT2D eigenvalue weighted by molar-refractivity contribution is 1.16. The Morgan fingerprint density at radius 1 is 1.67 bits per heavy atom. The third kappa shape index (κ3) is 1.33. The molecule has 0 aliphatic heterocycles. The smallest absolute Gasteiger partial charge is 0.252 e. The van der Waals surface area contributed by atoms with Gasteiger partial charge < -0.3 is 4.98 Å². The van der Waals surface area contributed by atoms with Crippen molar-refractivity contribution in [1.82, 2.24) is 4.98 Å². The van der Waals surface area contributed by atoms with Crippen molar-refractivity contribution in [2.75, 3.05) is 0 Å². The van der Waals surface area contributed by atoms with Gasteiger partial charge in [0.1, 0.15) is 0 Å². The molecule has 1 aromatic rings. The van der Waals surface area contributed by atoms with Crippen LogP contribution in [-0.4, -0.2) is 4.98 Å². The Labute approximate surface area is 57.5 Å². The van der Waals surface area contributed by atoms with Gasteiger partial charge in [-0.3, -0.25) is 4.79 Å². The highest BCUT2D eigenvalue weighted by molar-refractivity contribution is 6.17. The number of halogens is 1. The molecule has 48 valence electrons. The maximum Gasteiger partial charge on any atom is 0.252 e. The molecule has 0 unspecified atom stereocenters. The highest BCUT2D eigenvalue weighted by atomic mass is 35.5. The van der Waals surface area contributed by atoms with Crippen LogP contribution in [0.3, 0.4) is 0 Å². The molecule has 0 spiro atoms. The van der Waals surface area contributed by atoms with E-state index in [1.54, 1.807) is 18.3 Å². The third-order valence-corrected chi connectivity index (χ3v) is 1.33. The second-order valence-corrected chi connectivity index (χ2v) is 1.93. The Kier molecular flexibility index (Phi) is 1.90. The third-order valence-electron chi connectivity index (χ3n) is 1.04. The van der Waals surface area contributed by atoms with Gasteiger partial charge in [-0.05, 0) is 6.07 Å². The van der Waals surface area contributed by atoms with Crippen LogP contribution in [0.5, 0.6) is 0 Å². The van der Waals surface area contributed by atoms with E-state index in [2.05, 4.69) is 4.98 Å². The molecule has 0 amide bonds. The predicted octanol–water partition coefficient (Wildman–Crippen LogP) is 1.11. The predicted molar refractivity (Wildman–Crippen MR) is 36.6 cm³/mol. The van der Waals surface area contributed by atoms with Gasteiger partial charge in [-0.1, -0.05) is 6.07 Å². The number of H-pyrrole nitrogens is 1. The Balaban J connectivity index is 3.16. The average molecular weight is 144 g/mol. The van der Waals surface area contributed by atoms with Crippen molar-refractivity contribution in [2.24, 2.45) is 0 Å². The van der Waals surface area contributed by atoms with E-state index in [0.29, 0.717) is 5.56 Å². The van der Waals surface area contributed by atoms with Gasteiger partial charge >= 0.3 is 0 Å². The maximum absolute atomic E-state index is 10.7. The Morgan fingerprint density at radius 3 is 2.89 bits per heavy atom. The fourth-order valence-corrected chi connectivity index (χ4v) is 0.772. The van der Waals surface area contributed by atoms with Crippen LogP contribution >= 0.6 is 11.6 Å². The maximum atomic E-state index is 10.7. The summed E-state index contributed by atoms with van der Waals surface area (Å²) in [7, 11) is 0. The summed E-state index contributed by atoms with van der Waals surface area (Å²) in [5, 5.41) is 0. The SMILES string of the molecule is O=c1[nH]cccc1CCl. The van der Waals surface area contributed by atoms with Gasteiger partial charge in [0.05, 0.1) is 5.88 Å². The molecule has 1 aromatic heterocycles. The first-order valence-corrected chi connectivity index (χ1v) is 3.10. The topological polar surface area (TPSA) is 32.9 Å². The molecule has 0 aliphatic carbocycles. The van der Waals surface area contributed by atoms with E-state index in [4.69, 9.17) is 11.6 Å². The Morgan fingerprint density at radius 2 is 2.44 bits per heavy atom. The molecule has 0 saturated heterocycles. The monoisotopic (exact) mass is 143 g/mol. The molecule has 9 heavy (non-hydrogen) atoms. The molecule has 2 nitrogen and oxygen atoms in total. The minimum Gasteiger partial charge on any atom is -0.329 e. The number of nitrogens with one attached hydrogen (secondary N) is 1. The van der Waals surface area contributed by atoms with Gasteiger partial charge in [-0.25, -0.2) is 0 Å². The van der Waals surface area contributed by atoms with Crippen molar-refractivity contribution in [3.05, 3.63) is 34.2 Å². The molecule has 0 fully saturated rings. The lowest BCUT2D eigenvalue weighted by Crippen LogP contribution is -2.08. The van der Waals surface area contributed by atoms with E-state index in [-0.39, 0.29) is 11.4 Å². The lowest BCUT2D eigenvalue weighted by atomic mass is 10.3. The number of hydrogen-bond donors (Lipinski definition) is 1. The van der Waals surface area contributed by atoms with E-state index in [1.807, 2.05) is 0 Å². The van der Waals surface area contributed by atoms with Gasteiger partial charge in [0, 0.05) is 11.8 Å². The second-order valence-electron chi connectivity index (χ2n) is 1.66. The van der Waals surface area contributed by atoms with Gasteiger partial charge in [0.2, 0.25) is 0 Å². The minimum atomic E-state index is -0.104. The van der Waals surface area contributed by atoms with Crippen LogP contribution in [0.1, 0.15) is 5.56 Å². The molecule has 3 heteroatoms. The molecular weight excluding hydrogens is 138 g/mol. The molecule has 1 rings (SSSR count). The first-order chi connectivity index (χ1) is 4.34. The van der Waals surface area contributed by atoms with Gasteiger partial charge in [0.15, 0.2) is 0 Å². The number of rotatable bonds is 1. The second kappa shape index (κ2) is 2.69. The Hall–Kier alpha value is -0.760. The molecule has 0 bridgehead atoms.